The minimum Gasteiger partial charge on any atom is -0.386 e. The molecule has 0 saturated heterocycles. The maximum atomic E-state index is 12.6. The van der Waals surface area contributed by atoms with Gasteiger partial charge in [0.2, 0.25) is 0 Å². The number of alkyl halides is 3. The van der Waals surface area contributed by atoms with Crippen LogP contribution in [0.15, 0.2) is 29.4 Å². The van der Waals surface area contributed by atoms with Crippen molar-refractivity contribution in [2.24, 2.45) is 16.7 Å². The van der Waals surface area contributed by atoms with Gasteiger partial charge in [0.1, 0.15) is 5.84 Å². The summed E-state index contributed by atoms with van der Waals surface area (Å²) < 4.78 is 37.9. The highest BCUT2D eigenvalue weighted by Gasteiger charge is 2.30. The number of hydrazone groups is 1. The number of nitrogens with zero attached hydrogens (tertiary/aromatic N) is 3. The number of hydrogen-bond acceptors (Lipinski definition) is 4. The molecule has 0 saturated carbocycles. The van der Waals surface area contributed by atoms with Gasteiger partial charge in [-0.05, 0) is 51.7 Å². The van der Waals surface area contributed by atoms with Gasteiger partial charge in [-0.2, -0.15) is 13.2 Å². The molecule has 0 heterocycles. The van der Waals surface area contributed by atoms with E-state index in [9.17, 15) is 13.2 Å². The molecule has 5 nitrogen and oxygen atoms in total. The van der Waals surface area contributed by atoms with Crippen LogP contribution in [0, 0.1) is 0 Å². The van der Waals surface area contributed by atoms with Gasteiger partial charge in [0.15, 0.2) is 0 Å². The van der Waals surface area contributed by atoms with E-state index >= 15 is 0 Å². The van der Waals surface area contributed by atoms with Gasteiger partial charge in [0.05, 0.1) is 11.6 Å². The Hall–Kier alpha value is -1.80. The van der Waals surface area contributed by atoms with Crippen molar-refractivity contribution in [2.75, 3.05) is 20.6 Å². The highest BCUT2D eigenvalue weighted by molar-refractivity contribution is 5.77. The second kappa shape index (κ2) is 7.46. The van der Waals surface area contributed by atoms with Crippen LogP contribution in [0.2, 0.25) is 0 Å². The molecule has 8 heteroatoms. The molecular formula is C14H22F3N5. The molecule has 0 spiro atoms. The normalized spacial score (nSPS) is 14.3. The first kappa shape index (κ1) is 18.2. The van der Waals surface area contributed by atoms with Crippen molar-refractivity contribution in [3.63, 3.8) is 0 Å². The molecule has 0 aliphatic rings. The van der Waals surface area contributed by atoms with Crippen molar-refractivity contribution in [3.05, 3.63) is 35.4 Å². The maximum Gasteiger partial charge on any atom is 0.416 e. The summed E-state index contributed by atoms with van der Waals surface area (Å²) in [6.07, 6.45) is -3.75. The zero-order valence-corrected chi connectivity index (χ0v) is 12.9. The van der Waals surface area contributed by atoms with Crippen LogP contribution in [0.3, 0.4) is 0 Å². The van der Waals surface area contributed by atoms with E-state index in [0.717, 1.165) is 12.1 Å². The van der Waals surface area contributed by atoms with Gasteiger partial charge in [0.25, 0.3) is 0 Å². The molecule has 0 aliphatic heterocycles. The third-order valence-corrected chi connectivity index (χ3v) is 3.07. The van der Waals surface area contributed by atoms with E-state index in [1.165, 1.54) is 17.3 Å². The van der Waals surface area contributed by atoms with Crippen molar-refractivity contribution in [3.8, 4) is 0 Å². The molecule has 1 atom stereocenters. The molecule has 4 N–H and O–H groups in total. The Kier molecular flexibility index (Phi) is 6.19. The third kappa shape index (κ3) is 5.53. The van der Waals surface area contributed by atoms with Crippen LogP contribution in [-0.4, -0.2) is 36.5 Å². The molecule has 22 heavy (non-hydrogen) atoms. The summed E-state index contributed by atoms with van der Waals surface area (Å²) in [5, 5.41) is 5.16. The summed E-state index contributed by atoms with van der Waals surface area (Å²) in [6.45, 7) is 2.30. The number of nitrogens with two attached hydrogens (primary N) is 2. The first-order chi connectivity index (χ1) is 10.1. The molecule has 1 aromatic carbocycles. The van der Waals surface area contributed by atoms with Gasteiger partial charge in [-0.1, -0.05) is 12.1 Å². The van der Waals surface area contributed by atoms with Crippen LogP contribution in [0.5, 0.6) is 0 Å². The fourth-order valence-corrected chi connectivity index (χ4v) is 1.98. The number of amidine groups is 1. The van der Waals surface area contributed by atoms with Crippen LogP contribution in [0.4, 0.5) is 13.2 Å². The molecule has 0 amide bonds. The molecular weight excluding hydrogens is 295 g/mol. The predicted molar refractivity (Wildman–Crippen MR) is 80.7 cm³/mol. The number of hydrogen-bond donors (Lipinski definition) is 2. The van der Waals surface area contributed by atoms with Crippen LogP contribution >= 0.6 is 0 Å². The van der Waals surface area contributed by atoms with E-state index in [2.05, 4.69) is 5.10 Å². The van der Waals surface area contributed by atoms with Crippen LogP contribution in [0.1, 0.15) is 30.5 Å². The Morgan fingerprint density at radius 1 is 1.23 bits per heavy atom. The molecule has 1 unspecified atom stereocenters. The number of benzene rings is 1. The first-order valence-electron chi connectivity index (χ1n) is 6.77. The number of hydrazine groups is 1. The summed E-state index contributed by atoms with van der Waals surface area (Å²) >= 11 is 0. The van der Waals surface area contributed by atoms with Crippen molar-refractivity contribution < 1.29 is 13.2 Å². The predicted octanol–water partition coefficient (Wildman–Crippen LogP) is 2.17. The van der Waals surface area contributed by atoms with Gasteiger partial charge in [-0.15, -0.1) is 5.10 Å². The summed E-state index contributed by atoms with van der Waals surface area (Å²) in [5.41, 5.74) is 5.48. The second-order valence-corrected chi connectivity index (χ2v) is 5.35. The van der Waals surface area contributed by atoms with Gasteiger partial charge in [0, 0.05) is 0 Å². The SMILES string of the molecule is C/C(N)=N/N(N)C(CCN(C)C)c1ccc(C(F)(F)F)cc1. The van der Waals surface area contributed by atoms with Crippen LogP contribution in [0.25, 0.3) is 0 Å². The summed E-state index contributed by atoms with van der Waals surface area (Å²) in [5.74, 6) is 6.17. The van der Waals surface area contributed by atoms with E-state index in [4.69, 9.17) is 11.6 Å². The Morgan fingerprint density at radius 3 is 2.18 bits per heavy atom. The van der Waals surface area contributed by atoms with Crippen LogP contribution < -0.4 is 11.6 Å². The minimum atomic E-state index is -4.36. The largest absolute Gasteiger partial charge is 0.416 e. The van der Waals surface area contributed by atoms with Crippen molar-refractivity contribution in [1.29, 1.82) is 0 Å². The standard InChI is InChI=1S/C14H22F3N5/c1-10(18)20-22(19)13(8-9-21(2)3)11-4-6-12(7-5-11)14(15,16)17/h4-7,13H,8-9,19H2,1-3H3,(H2,18,20). The fourth-order valence-electron chi connectivity index (χ4n) is 1.98. The van der Waals surface area contributed by atoms with E-state index < -0.39 is 11.7 Å². The topological polar surface area (TPSA) is 70.9 Å². The summed E-state index contributed by atoms with van der Waals surface area (Å²) in [7, 11) is 3.81. The lowest BCUT2D eigenvalue weighted by molar-refractivity contribution is -0.137. The zero-order chi connectivity index (χ0) is 16.9. The third-order valence-electron chi connectivity index (χ3n) is 3.07. The molecule has 0 bridgehead atoms. The molecule has 1 aromatic rings. The van der Waals surface area contributed by atoms with Crippen LogP contribution in [-0.2, 0) is 6.18 Å². The average Bonchev–Trinajstić information content (AvgIpc) is 2.37. The Bertz CT molecular complexity index is 492. The first-order valence-corrected chi connectivity index (χ1v) is 6.77. The zero-order valence-electron chi connectivity index (χ0n) is 12.9. The lowest BCUT2D eigenvalue weighted by Crippen LogP contribution is -2.34. The molecule has 0 radical (unpaired) electrons. The van der Waals surface area contributed by atoms with Gasteiger partial charge >= 0.3 is 6.18 Å². The lowest BCUT2D eigenvalue weighted by Gasteiger charge is -2.27. The Balaban J connectivity index is 3.02. The average molecular weight is 317 g/mol. The Morgan fingerprint density at radius 2 is 1.77 bits per heavy atom. The minimum absolute atomic E-state index is 0.282. The van der Waals surface area contributed by atoms with E-state index in [1.54, 1.807) is 6.92 Å². The smallest absolute Gasteiger partial charge is 0.386 e. The number of rotatable bonds is 6. The lowest BCUT2D eigenvalue weighted by atomic mass is 10.0. The molecule has 0 aromatic heterocycles. The molecule has 0 fully saturated rings. The second-order valence-electron chi connectivity index (χ2n) is 5.35. The maximum absolute atomic E-state index is 12.6. The highest BCUT2D eigenvalue weighted by Crippen LogP contribution is 2.31. The van der Waals surface area contributed by atoms with Crippen molar-refractivity contribution >= 4 is 5.84 Å². The monoisotopic (exact) mass is 317 g/mol. The van der Waals surface area contributed by atoms with E-state index in [0.29, 0.717) is 18.5 Å². The molecule has 0 aliphatic carbocycles. The van der Waals surface area contributed by atoms with Gasteiger partial charge < -0.3 is 10.6 Å². The quantitative estimate of drug-likeness (QED) is 0.365. The summed E-state index contributed by atoms with van der Waals surface area (Å²) in [4.78, 5) is 1.96. The van der Waals surface area contributed by atoms with E-state index in [1.807, 2.05) is 19.0 Å². The van der Waals surface area contributed by atoms with Gasteiger partial charge in [-0.3, -0.25) is 0 Å². The van der Waals surface area contributed by atoms with Gasteiger partial charge in [-0.25, -0.2) is 11.0 Å². The van der Waals surface area contributed by atoms with E-state index in [-0.39, 0.29) is 11.9 Å². The number of halogens is 3. The summed E-state index contributed by atoms with van der Waals surface area (Å²) in [6, 6.07) is 4.58. The van der Waals surface area contributed by atoms with Crippen molar-refractivity contribution in [2.45, 2.75) is 25.6 Å². The molecule has 124 valence electrons. The van der Waals surface area contributed by atoms with Crippen molar-refractivity contribution in [1.82, 2.24) is 10.0 Å². The Labute approximate surface area is 128 Å². The fraction of sp³-hybridized carbons (Fsp3) is 0.500. The highest BCUT2D eigenvalue weighted by atomic mass is 19.4. The molecule has 1 rings (SSSR count).